The minimum Gasteiger partial charge on any atom is -0.381 e. The number of fused-ring (bicyclic) bond motifs is 2. The van der Waals surface area contributed by atoms with E-state index in [1.165, 1.54) is 32.1 Å². The molecule has 2 heterocycles. The van der Waals surface area contributed by atoms with Crippen LogP contribution in [0.3, 0.4) is 0 Å². The third-order valence-corrected chi connectivity index (χ3v) is 5.28. The van der Waals surface area contributed by atoms with Crippen molar-refractivity contribution >= 4 is 5.91 Å². The molecule has 5 nitrogen and oxygen atoms in total. The highest BCUT2D eigenvalue weighted by Gasteiger charge is 2.48. The summed E-state index contributed by atoms with van der Waals surface area (Å²) in [6, 6.07) is 0. The normalized spacial score (nSPS) is 28.8. The van der Waals surface area contributed by atoms with E-state index in [4.69, 9.17) is 14.7 Å². The summed E-state index contributed by atoms with van der Waals surface area (Å²) in [7, 11) is 0. The maximum Gasteiger partial charge on any atom is 0.243 e. The predicted molar refractivity (Wildman–Crippen MR) is 92.8 cm³/mol. The fourth-order valence-corrected chi connectivity index (χ4v) is 3.92. The maximum absolute atomic E-state index is 11.0. The molecule has 0 aromatic heterocycles. The third-order valence-electron chi connectivity index (χ3n) is 5.28. The van der Waals surface area contributed by atoms with E-state index in [1.807, 2.05) is 6.08 Å². The Bertz CT molecular complexity index is 399. The molecule has 0 spiro atoms. The first kappa shape index (κ1) is 19.4. The molecule has 2 rings (SSSR count). The Hall–Kier alpha value is -0.910. The van der Waals surface area contributed by atoms with Crippen molar-refractivity contribution in [3.8, 4) is 0 Å². The summed E-state index contributed by atoms with van der Waals surface area (Å²) in [6.45, 7) is 3.91. The average molecular weight is 339 g/mol. The van der Waals surface area contributed by atoms with E-state index in [2.05, 4.69) is 13.0 Å². The van der Waals surface area contributed by atoms with E-state index in [1.54, 1.807) is 5.48 Å². The van der Waals surface area contributed by atoms with Gasteiger partial charge in [0.1, 0.15) is 0 Å². The van der Waals surface area contributed by atoms with Crippen LogP contribution in [0.5, 0.6) is 0 Å². The number of hydrogen-bond donors (Lipinski definition) is 2. The quantitative estimate of drug-likeness (QED) is 0.247. The second-order valence-electron chi connectivity index (χ2n) is 7.03. The van der Waals surface area contributed by atoms with Gasteiger partial charge in [0, 0.05) is 18.9 Å². The van der Waals surface area contributed by atoms with Crippen molar-refractivity contribution in [2.45, 2.75) is 76.9 Å². The first-order valence-corrected chi connectivity index (χ1v) is 9.57. The summed E-state index contributed by atoms with van der Waals surface area (Å²) in [5, 5.41) is 8.47. The molecule has 2 fully saturated rings. The summed E-state index contributed by atoms with van der Waals surface area (Å²) in [6.07, 6.45) is 14.2. The monoisotopic (exact) mass is 339 g/mol. The lowest BCUT2D eigenvalue weighted by Gasteiger charge is -2.27. The van der Waals surface area contributed by atoms with Crippen molar-refractivity contribution in [1.82, 2.24) is 5.48 Å². The van der Waals surface area contributed by atoms with Gasteiger partial charge < -0.3 is 9.47 Å². The largest absolute Gasteiger partial charge is 0.381 e. The van der Waals surface area contributed by atoms with Crippen molar-refractivity contribution in [2.24, 2.45) is 11.8 Å². The van der Waals surface area contributed by atoms with Gasteiger partial charge in [-0.15, -0.1) is 0 Å². The van der Waals surface area contributed by atoms with Gasteiger partial charge in [-0.2, -0.15) is 0 Å². The number of rotatable bonds is 12. The Balaban J connectivity index is 1.67. The summed E-state index contributed by atoms with van der Waals surface area (Å²) in [5.74, 6) is 0.722. The van der Waals surface area contributed by atoms with Gasteiger partial charge in [0.25, 0.3) is 0 Å². The molecule has 0 saturated carbocycles. The van der Waals surface area contributed by atoms with Crippen LogP contribution in [0.2, 0.25) is 0 Å². The van der Waals surface area contributed by atoms with Gasteiger partial charge in [-0.3, -0.25) is 10.0 Å². The van der Waals surface area contributed by atoms with Crippen LogP contribution in [-0.2, 0) is 14.3 Å². The minimum atomic E-state index is -0.336. The van der Waals surface area contributed by atoms with Crippen LogP contribution in [0.4, 0.5) is 0 Å². The third kappa shape index (κ3) is 5.87. The van der Waals surface area contributed by atoms with Crippen LogP contribution in [0.25, 0.3) is 0 Å². The van der Waals surface area contributed by atoms with Crippen molar-refractivity contribution in [1.29, 1.82) is 0 Å². The van der Waals surface area contributed by atoms with Gasteiger partial charge in [0.2, 0.25) is 5.91 Å². The number of unbranched alkanes of at least 4 members (excludes halogenated alkanes) is 3. The van der Waals surface area contributed by atoms with Gasteiger partial charge in [-0.05, 0) is 38.0 Å². The summed E-state index contributed by atoms with van der Waals surface area (Å²) >= 11 is 0. The van der Waals surface area contributed by atoms with Crippen LogP contribution in [0.1, 0.15) is 64.7 Å². The summed E-state index contributed by atoms with van der Waals surface area (Å²) in [4.78, 5) is 11.0. The Morgan fingerprint density at radius 1 is 1.21 bits per heavy atom. The number of carbonyl (C=O) groups excluding carboxylic acids is 1. The smallest absolute Gasteiger partial charge is 0.243 e. The van der Waals surface area contributed by atoms with Crippen LogP contribution in [0, 0.1) is 11.8 Å². The van der Waals surface area contributed by atoms with Crippen LogP contribution >= 0.6 is 0 Å². The number of hydroxylamine groups is 1. The fourth-order valence-electron chi connectivity index (χ4n) is 3.92. The van der Waals surface area contributed by atoms with E-state index in [9.17, 15) is 4.79 Å². The molecular weight excluding hydrogens is 306 g/mol. The van der Waals surface area contributed by atoms with Gasteiger partial charge in [0.15, 0.2) is 0 Å². The second-order valence-corrected chi connectivity index (χ2v) is 7.03. The van der Waals surface area contributed by atoms with Gasteiger partial charge in [-0.25, -0.2) is 5.48 Å². The molecule has 2 aliphatic rings. The van der Waals surface area contributed by atoms with E-state index < -0.39 is 0 Å². The van der Waals surface area contributed by atoms with E-state index in [-0.39, 0.29) is 5.91 Å². The molecule has 0 aromatic carbocycles. The zero-order chi connectivity index (χ0) is 17.2. The number of nitrogens with one attached hydrogen (secondary N) is 1. The second kappa shape index (κ2) is 10.9. The molecular formula is C19H33NO4. The molecule has 4 atom stereocenters. The van der Waals surface area contributed by atoms with E-state index in [0.29, 0.717) is 36.9 Å². The average Bonchev–Trinajstić information content (AvgIpc) is 3.19. The Morgan fingerprint density at radius 2 is 2.00 bits per heavy atom. The topological polar surface area (TPSA) is 67.8 Å². The molecule has 0 aromatic rings. The molecule has 2 N–H and O–H groups in total. The summed E-state index contributed by atoms with van der Waals surface area (Å²) < 4.78 is 12.0. The number of hydrogen-bond acceptors (Lipinski definition) is 4. The Kier molecular flexibility index (Phi) is 8.78. The number of ether oxygens (including phenoxy) is 2. The minimum absolute atomic E-state index is 0.324. The zero-order valence-corrected chi connectivity index (χ0v) is 14.9. The predicted octanol–water partition coefficient (Wildman–Crippen LogP) is 3.61. The van der Waals surface area contributed by atoms with E-state index in [0.717, 1.165) is 26.1 Å². The highest BCUT2D eigenvalue weighted by atomic mass is 16.5. The molecule has 2 saturated heterocycles. The van der Waals surface area contributed by atoms with Crippen LogP contribution in [0.15, 0.2) is 12.2 Å². The first-order chi connectivity index (χ1) is 11.8. The number of amides is 1. The molecule has 0 radical (unpaired) electrons. The molecule has 5 heteroatoms. The highest BCUT2D eigenvalue weighted by molar-refractivity contribution is 5.74. The molecule has 2 bridgehead atoms. The zero-order valence-electron chi connectivity index (χ0n) is 14.9. The SMILES string of the molecule is CCCCCCOC[C@H]1[C@@H](CC=CCCC(=O)NO)[C@H]2CC[C@@H]1O2. The highest BCUT2D eigenvalue weighted by Crippen LogP contribution is 2.45. The number of allylic oxidation sites excluding steroid dienone is 2. The standard InChI is InChI=1S/C19H33NO4/c1-2-3-4-8-13-23-14-16-15(17-11-12-18(16)24-17)9-6-5-7-10-19(21)20-22/h5-6,15-18,22H,2-4,7-14H2,1H3,(H,20,21)/t15-,16+,17-,18+/m1/s1. The van der Waals surface area contributed by atoms with Crippen LogP contribution in [-0.4, -0.2) is 36.5 Å². The van der Waals surface area contributed by atoms with Gasteiger partial charge in [-0.1, -0.05) is 38.3 Å². The molecule has 1 amide bonds. The van der Waals surface area contributed by atoms with Crippen molar-refractivity contribution in [3.05, 3.63) is 12.2 Å². The maximum atomic E-state index is 11.0. The first-order valence-electron chi connectivity index (χ1n) is 9.57. The Morgan fingerprint density at radius 3 is 2.75 bits per heavy atom. The number of carbonyl (C=O) groups is 1. The fraction of sp³-hybridized carbons (Fsp3) is 0.842. The summed E-state index contributed by atoms with van der Waals surface area (Å²) in [5.41, 5.74) is 1.66. The molecule has 2 aliphatic heterocycles. The van der Waals surface area contributed by atoms with E-state index >= 15 is 0 Å². The lowest BCUT2D eigenvalue weighted by molar-refractivity contribution is -0.129. The van der Waals surface area contributed by atoms with Crippen molar-refractivity contribution in [3.63, 3.8) is 0 Å². The molecule has 0 unspecified atom stereocenters. The van der Waals surface area contributed by atoms with Gasteiger partial charge >= 0.3 is 0 Å². The van der Waals surface area contributed by atoms with Gasteiger partial charge in [0.05, 0.1) is 18.8 Å². The van der Waals surface area contributed by atoms with Crippen molar-refractivity contribution < 1.29 is 19.5 Å². The molecule has 0 aliphatic carbocycles. The molecule has 24 heavy (non-hydrogen) atoms. The lowest BCUT2D eigenvalue weighted by Crippen LogP contribution is -2.30. The lowest BCUT2D eigenvalue weighted by atomic mass is 9.78. The van der Waals surface area contributed by atoms with Crippen LogP contribution < -0.4 is 5.48 Å². The molecule has 138 valence electrons. The van der Waals surface area contributed by atoms with Crippen molar-refractivity contribution in [2.75, 3.05) is 13.2 Å². The Labute approximate surface area is 145 Å².